The third-order valence-corrected chi connectivity index (χ3v) is 3.80. The van der Waals surface area contributed by atoms with Gasteiger partial charge < -0.3 is 5.32 Å². The van der Waals surface area contributed by atoms with Gasteiger partial charge in [-0.05, 0) is 11.5 Å². The van der Waals surface area contributed by atoms with Crippen LogP contribution in [0.1, 0.15) is 44.0 Å². The molecule has 1 heterocycles. The van der Waals surface area contributed by atoms with Crippen molar-refractivity contribution in [3.8, 4) is 0 Å². The number of hydrogen-bond donors (Lipinski definition) is 1. The number of benzene rings is 1. The molecule has 1 aromatic carbocycles. The predicted molar refractivity (Wildman–Crippen MR) is 82.1 cm³/mol. The van der Waals surface area contributed by atoms with Gasteiger partial charge in [-0.25, -0.2) is 0 Å². The average molecular weight is 269 g/mol. The van der Waals surface area contributed by atoms with E-state index in [0.717, 1.165) is 12.2 Å². The molecule has 2 rings (SSSR count). The van der Waals surface area contributed by atoms with E-state index in [-0.39, 0.29) is 0 Å². The van der Waals surface area contributed by atoms with Crippen molar-refractivity contribution in [1.82, 2.24) is 15.3 Å². The fourth-order valence-corrected chi connectivity index (χ4v) is 2.61. The molecule has 0 radical (unpaired) electrons. The average Bonchev–Trinajstić information content (AvgIpc) is 2.53. The van der Waals surface area contributed by atoms with Crippen LogP contribution in [0.2, 0.25) is 0 Å². The zero-order valence-electron chi connectivity index (χ0n) is 12.3. The first-order valence-corrected chi connectivity index (χ1v) is 7.38. The summed E-state index contributed by atoms with van der Waals surface area (Å²) in [6.45, 7) is 5.27. The Labute approximate surface area is 121 Å². The minimum Gasteiger partial charge on any atom is -0.304 e. The van der Waals surface area contributed by atoms with E-state index in [4.69, 9.17) is 0 Å². The van der Waals surface area contributed by atoms with E-state index in [1.807, 2.05) is 6.20 Å². The molecule has 106 valence electrons. The highest BCUT2D eigenvalue weighted by atomic mass is 14.9. The Hall–Kier alpha value is -1.74. The summed E-state index contributed by atoms with van der Waals surface area (Å²) in [5.74, 6) is 0.633. The summed E-state index contributed by atoms with van der Waals surface area (Å²) in [7, 11) is 0. The quantitative estimate of drug-likeness (QED) is 0.832. The number of hydrogen-bond acceptors (Lipinski definition) is 3. The van der Waals surface area contributed by atoms with Gasteiger partial charge in [-0.1, -0.05) is 57.0 Å². The van der Waals surface area contributed by atoms with Gasteiger partial charge in [-0.15, -0.1) is 0 Å². The summed E-state index contributed by atoms with van der Waals surface area (Å²) >= 11 is 0. The minimum atomic E-state index is 0.369. The normalized spacial score (nSPS) is 12.6. The molecule has 0 saturated heterocycles. The van der Waals surface area contributed by atoms with Crippen molar-refractivity contribution in [3.05, 3.63) is 60.2 Å². The summed E-state index contributed by atoms with van der Waals surface area (Å²) in [5, 5.41) is 3.65. The van der Waals surface area contributed by atoms with Crippen LogP contribution in [0.15, 0.2) is 48.9 Å². The molecule has 3 nitrogen and oxygen atoms in total. The van der Waals surface area contributed by atoms with Gasteiger partial charge in [0.15, 0.2) is 0 Å². The Morgan fingerprint density at radius 1 is 1.05 bits per heavy atom. The van der Waals surface area contributed by atoms with Crippen LogP contribution in [0.5, 0.6) is 0 Å². The van der Waals surface area contributed by atoms with Crippen molar-refractivity contribution >= 4 is 0 Å². The number of nitrogens with one attached hydrogen (secondary N) is 1. The van der Waals surface area contributed by atoms with Gasteiger partial charge in [-0.3, -0.25) is 9.97 Å². The lowest BCUT2D eigenvalue weighted by Crippen LogP contribution is -2.28. The predicted octanol–water partition coefficient (Wildman–Crippen LogP) is 3.74. The van der Waals surface area contributed by atoms with E-state index in [1.54, 1.807) is 12.4 Å². The molecule has 0 saturated carbocycles. The van der Waals surface area contributed by atoms with Crippen LogP contribution in [-0.2, 0) is 6.54 Å². The van der Waals surface area contributed by atoms with Gasteiger partial charge in [0.1, 0.15) is 0 Å². The Morgan fingerprint density at radius 2 is 1.80 bits per heavy atom. The van der Waals surface area contributed by atoms with E-state index in [9.17, 15) is 0 Å². The molecule has 0 amide bonds. The van der Waals surface area contributed by atoms with E-state index >= 15 is 0 Å². The summed E-state index contributed by atoms with van der Waals surface area (Å²) in [4.78, 5) is 8.45. The second kappa shape index (κ2) is 7.75. The van der Waals surface area contributed by atoms with Gasteiger partial charge in [0.2, 0.25) is 0 Å². The fraction of sp³-hybridized carbons (Fsp3) is 0.412. The van der Waals surface area contributed by atoms with Crippen LogP contribution in [-0.4, -0.2) is 9.97 Å². The Morgan fingerprint density at radius 3 is 2.40 bits per heavy atom. The summed E-state index contributed by atoms with van der Waals surface area (Å²) in [5.41, 5.74) is 2.34. The number of rotatable bonds is 7. The van der Waals surface area contributed by atoms with Crippen molar-refractivity contribution in [2.75, 3.05) is 0 Å². The van der Waals surface area contributed by atoms with Gasteiger partial charge in [0.05, 0.1) is 5.69 Å². The van der Waals surface area contributed by atoms with Gasteiger partial charge >= 0.3 is 0 Å². The molecule has 1 aromatic heterocycles. The van der Waals surface area contributed by atoms with Crippen molar-refractivity contribution in [1.29, 1.82) is 0 Å². The monoisotopic (exact) mass is 269 g/mol. The molecule has 20 heavy (non-hydrogen) atoms. The summed E-state index contributed by atoms with van der Waals surface area (Å²) < 4.78 is 0. The smallest absolute Gasteiger partial charge is 0.0724 e. The molecule has 0 spiro atoms. The number of nitrogens with zero attached hydrogens (tertiary/aromatic N) is 2. The van der Waals surface area contributed by atoms with Crippen LogP contribution < -0.4 is 5.32 Å². The highest BCUT2D eigenvalue weighted by Crippen LogP contribution is 2.27. The summed E-state index contributed by atoms with van der Waals surface area (Å²) in [6, 6.07) is 11.0. The Balaban J connectivity index is 2.11. The van der Waals surface area contributed by atoms with Crippen LogP contribution in [0.25, 0.3) is 0 Å². The molecule has 0 aliphatic carbocycles. The topological polar surface area (TPSA) is 37.8 Å². The van der Waals surface area contributed by atoms with Crippen LogP contribution in [0.3, 0.4) is 0 Å². The fourth-order valence-electron chi connectivity index (χ4n) is 2.61. The molecule has 0 aliphatic rings. The Kier molecular flexibility index (Phi) is 5.69. The van der Waals surface area contributed by atoms with Crippen molar-refractivity contribution < 1.29 is 0 Å². The first kappa shape index (κ1) is 14.7. The van der Waals surface area contributed by atoms with E-state index in [0.29, 0.717) is 12.0 Å². The standard InChI is InChI=1S/C17H23N3/c1-3-14(4-2)17(15-8-6-5-7-9-15)20-13-16-12-18-10-11-19-16/h5-12,14,17,20H,3-4,13H2,1-2H3. The SMILES string of the molecule is CCC(CC)C(NCc1cnccn1)c1ccccc1. The first-order chi connectivity index (χ1) is 9.85. The van der Waals surface area contributed by atoms with Gasteiger partial charge in [-0.2, -0.15) is 0 Å². The molecule has 1 unspecified atom stereocenters. The van der Waals surface area contributed by atoms with E-state index in [1.165, 1.54) is 18.4 Å². The zero-order chi connectivity index (χ0) is 14.2. The van der Waals surface area contributed by atoms with E-state index in [2.05, 4.69) is 59.5 Å². The second-order valence-corrected chi connectivity index (χ2v) is 5.04. The molecule has 1 N–H and O–H groups in total. The van der Waals surface area contributed by atoms with Crippen LogP contribution in [0, 0.1) is 5.92 Å². The third-order valence-electron chi connectivity index (χ3n) is 3.80. The summed E-state index contributed by atoms with van der Waals surface area (Å²) in [6.07, 6.45) is 7.61. The molecular weight excluding hydrogens is 246 g/mol. The van der Waals surface area contributed by atoms with Gasteiger partial charge in [0, 0.05) is 31.2 Å². The maximum absolute atomic E-state index is 4.33. The maximum atomic E-state index is 4.33. The highest BCUT2D eigenvalue weighted by Gasteiger charge is 2.19. The third kappa shape index (κ3) is 3.87. The Bertz CT molecular complexity index is 480. The molecular formula is C17H23N3. The highest BCUT2D eigenvalue weighted by molar-refractivity contribution is 5.20. The lowest BCUT2D eigenvalue weighted by molar-refractivity contribution is 0.338. The molecule has 0 aliphatic heterocycles. The van der Waals surface area contributed by atoms with Crippen molar-refractivity contribution in [2.24, 2.45) is 5.92 Å². The van der Waals surface area contributed by atoms with Gasteiger partial charge in [0.25, 0.3) is 0 Å². The van der Waals surface area contributed by atoms with Crippen molar-refractivity contribution in [3.63, 3.8) is 0 Å². The molecule has 0 bridgehead atoms. The largest absolute Gasteiger partial charge is 0.304 e. The molecule has 2 aromatic rings. The minimum absolute atomic E-state index is 0.369. The second-order valence-electron chi connectivity index (χ2n) is 5.04. The lowest BCUT2D eigenvalue weighted by atomic mass is 9.89. The van der Waals surface area contributed by atoms with E-state index < -0.39 is 0 Å². The zero-order valence-corrected chi connectivity index (χ0v) is 12.3. The lowest BCUT2D eigenvalue weighted by Gasteiger charge is -2.27. The number of aromatic nitrogens is 2. The molecule has 1 atom stereocenters. The maximum Gasteiger partial charge on any atom is 0.0724 e. The molecule has 3 heteroatoms. The van der Waals surface area contributed by atoms with Crippen molar-refractivity contribution in [2.45, 2.75) is 39.3 Å². The molecule has 0 fully saturated rings. The van der Waals surface area contributed by atoms with Crippen LogP contribution >= 0.6 is 0 Å². The first-order valence-electron chi connectivity index (χ1n) is 7.38. The van der Waals surface area contributed by atoms with Crippen LogP contribution in [0.4, 0.5) is 0 Å².